The molecule has 1 atom stereocenters. The van der Waals surface area contributed by atoms with Crippen molar-refractivity contribution in [1.29, 1.82) is 0 Å². The third kappa shape index (κ3) is 4.11. The van der Waals surface area contributed by atoms with Gasteiger partial charge in [0.05, 0.1) is 35.2 Å². The Kier molecular flexibility index (Phi) is 5.98. The number of nitrogens with one attached hydrogen (secondary N) is 2. The second kappa shape index (κ2) is 8.77. The van der Waals surface area contributed by atoms with E-state index < -0.39 is 18.0 Å². The highest BCUT2D eigenvalue weighted by atomic mass is 79.9. The van der Waals surface area contributed by atoms with E-state index in [2.05, 4.69) is 36.6 Å². The number of ether oxygens (including phenoxy) is 1. The van der Waals surface area contributed by atoms with Gasteiger partial charge in [0.2, 0.25) is 0 Å². The molecule has 188 valence electrons. The molecule has 3 aromatic heterocycles. The maximum atomic E-state index is 13.3. The number of carbonyl (C=O) groups is 1. The number of nitrogens with zero attached hydrogens (tertiary/aromatic N) is 3. The summed E-state index contributed by atoms with van der Waals surface area (Å²) in [5.74, 6) is 0.301. The monoisotopic (exact) mass is 579 g/mol. The number of aromatic nitrogens is 3. The van der Waals surface area contributed by atoms with Crippen molar-refractivity contribution in [3.8, 4) is 5.75 Å². The van der Waals surface area contributed by atoms with Crippen LogP contribution in [0, 0.1) is 20.8 Å². The van der Waals surface area contributed by atoms with E-state index in [1.54, 1.807) is 14.0 Å². The number of amides is 1. The lowest BCUT2D eigenvalue weighted by molar-refractivity contribution is -0.141. The fourth-order valence-electron chi connectivity index (χ4n) is 4.36. The summed E-state index contributed by atoms with van der Waals surface area (Å²) < 4.78 is 48.2. The van der Waals surface area contributed by atoms with Crippen LogP contribution in [-0.2, 0) is 12.7 Å². The van der Waals surface area contributed by atoms with Gasteiger partial charge in [0, 0.05) is 10.9 Å². The van der Waals surface area contributed by atoms with Gasteiger partial charge >= 0.3 is 6.18 Å². The molecule has 1 aromatic carbocycles. The smallest absolute Gasteiger partial charge is 0.433 e. The predicted octanol–water partition coefficient (Wildman–Crippen LogP) is 6.11. The van der Waals surface area contributed by atoms with E-state index in [1.165, 1.54) is 0 Å². The van der Waals surface area contributed by atoms with Gasteiger partial charge in [-0.25, -0.2) is 4.98 Å². The van der Waals surface area contributed by atoms with Crippen molar-refractivity contribution in [3.05, 3.63) is 67.4 Å². The molecule has 0 radical (unpaired) electrons. The Hall–Kier alpha value is -3.12. The maximum Gasteiger partial charge on any atom is 0.433 e. The molecule has 4 aromatic rings. The fraction of sp³-hybridized carbons (Fsp3) is 0.292. The van der Waals surface area contributed by atoms with Gasteiger partial charge < -0.3 is 15.4 Å². The number of hydrogen-bond acceptors (Lipinski definition) is 6. The van der Waals surface area contributed by atoms with E-state index in [9.17, 15) is 18.0 Å². The average molecular weight is 580 g/mol. The molecule has 0 saturated carbocycles. The second-order valence-electron chi connectivity index (χ2n) is 8.57. The lowest BCUT2D eigenvalue weighted by Gasteiger charge is -2.27. The Morgan fingerprint density at radius 3 is 2.58 bits per heavy atom. The van der Waals surface area contributed by atoms with Crippen LogP contribution < -0.4 is 15.4 Å². The Morgan fingerprint density at radius 2 is 1.94 bits per heavy atom. The molecule has 36 heavy (non-hydrogen) atoms. The quantitative estimate of drug-likeness (QED) is 0.305. The van der Waals surface area contributed by atoms with Crippen LogP contribution in [0.1, 0.15) is 49.6 Å². The number of carbonyl (C=O) groups excluding carboxylic acids is 1. The van der Waals surface area contributed by atoms with E-state index in [0.29, 0.717) is 33.8 Å². The molecule has 1 aliphatic heterocycles. The number of alkyl halides is 3. The highest BCUT2D eigenvalue weighted by molar-refractivity contribution is 9.10. The number of hydrogen-bond donors (Lipinski definition) is 2. The highest BCUT2D eigenvalue weighted by Gasteiger charge is 2.35. The van der Waals surface area contributed by atoms with Crippen molar-refractivity contribution < 1.29 is 22.7 Å². The minimum absolute atomic E-state index is 0.168. The molecule has 5 rings (SSSR count). The lowest BCUT2D eigenvalue weighted by atomic mass is 10.0. The minimum Gasteiger partial charge on any atom is -0.496 e. The van der Waals surface area contributed by atoms with E-state index in [1.807, 2.05) is 36.7 Å². The molecule has 0 fully saturated rings. The third-order valence-corrected chi connectivity index (χ3v) is 8.40. The molecule has 0 bridgehead atoms. The van der Waals surface area contributed by atoms with Crippen LogP contribution in [0.5, 0.6) is 5.75 Å². The van der Waals surface area contributed by atoms with Crippen molar-refractivity contribution in [2.75, 3.05) is 12.4 Å². The lowest BCUT2D eigenvalue weighted by Crippen LogP contribution is -2.37. The first kappa shape index (κ1) is 24.6. The second-order valence-corrected chi connectivity index (χ2v) is 10.4. The molecule has 1 amide bonds. The fourth-order valence-corrected chi connectivity index (χ4v) is 5.76. The zero-order chi connectivity index (χ0) is 25.9. The molecule has 0 aliphatic carbocycles. The standard InChI is InChI=1S/C24H21BrF3N5O2S/c1-10-7-16(24(26,27)28)29-23-17(10)19-20(36-23)22(34)31-21(30-19)13-5-6-15(35-4)14(8-13)9-33-12(3)18(25)11(2)32-33/h5-8,21,30H,9H2,1-4H3,(H,31,34)/t21-/m0/s1. The van der Waals surface area contributed by atoms with Gasteiger partial charge in [0.25, 0.3) is 5.91 Å². The molecular formula is C24H21BrF3N5O2S. The first-order chi connectivity index (χ1) is 17.0. The predicted molar refractivity (Wildman–Crippen MR) is 135 cm³/mol. The summed E-state index contributed by atoms with van der Waals surface area (Å²) in [5, 5.41) is 11.3. The summed E-state index contributed by atoms with van der Waals surface area (Å²) in [6, 6.07) is 6.59. The number of thiophene rings is 1. The molecule has 12 heteroatoms. The van der Waals surface area contributed by atoms with Crippen LogP contribution in [0.15, 0.2) is 28.7 Å². The first-order valence-electron chi connectivity index (χ1n) is 10.9. The highest BCUT2D eigenvalue weighted by Crippen LogP contribution is 2.43. The van der Waals surface area contributed by atoms with Crippen LogP contribution in [0.25, 0.3) is 10.2 Å². The molecule has 7 nitrogen and oxygen atoms in total. The van der Waals surface area contributed by atoms with Crippen molar-refractivity contribution in [1.82, 2.24) is 20.1 Å². The van der Waals surface area contributed by atoms with Gasteiger partial charge in [-0.15, -0.1) is 11.3 Å². The summed E-state index contributed by atoms with van der Waals surface area (Å²) in [6.07, 6.45) is -5.16. The number of anilines is 1. The average Bonchev–Trinajstić information content (AvgIpc) is 3.32. The Labute approximate surface area is 216 Å². The van der Waals surface area contributed by atoms with Crippen LogP contribution in [0.4, 0.5) is 18.9 Å². The molecule has 4 heterocycles. The number of fused-ring (bicyclic) bond motifs is 3. The Morgan fingerprint density at radius 1 is 1.19 bits per heavy atom. The van der Waals surface area contributed by atoms with E-state index in [4.69, 9.17) is 4.74 Å². The summed E-state index contributed by atoms with van der Waals surface area (Å²) in [7, 11) is 1.59. The molecule has 0 spiro atoms. The van der Waals surface area contributed by atoms with E-state index in [-0.39, 0.29) is 10.7 Å². The summed E-state index contributed by atoms with van der Waals surface area (Å²) >= 11 is 4.49. The zero-order valence-electron chi connectivity index (χ0n) is 19.7. The van der Waals surface area contributed by atoms with Crippen LogP contribution in [0.2, 0.25) is 0 Å². The Bertz CT molecular complexity index is 1530. The van der Waals surface area contributed by atoms with Crippen LogP contribution in [-0.4, -0.2) is 27.8 Å². The maximum absolute atomic E-state index is 13.3. The topological polar surface area (TPSA) is 81.1 Å². The minimum atomic E-state index is -4.57. The van der Waals surface area contributed by atoms with Gasteiger partial charge in [0.1, 0.15) is 27.3 Å². The largest absolute Gasteiger partial charge is 0.496 e. The van der Waals surface area contributed by atoms with Gasteiger partial charge in [-0.2, -0.15) is 18.3 Å². The number of halogens is 4. The SMILES string of the molecule is COc1ccc([C@@H]2NC(=O)c3sc4nc(C(F)(F)F)cc(C)c4c3N2)cc1Cn1nc(C)c(Br)c1C. The van der Waals surface area contributed by atoms with Crippen molar-refractivity contribution >= 4 is 49.1 Å². The van der Waals surface area contributed by atoms with E-state index >= 15 is 0 Å². The van der Waals surface area contributed by atoms with Crippen molar-refractivity contribution in [3.63, 3.8) is 0 Å². The van der Waals surface area contributed by atoms with Gasteiger partial charge in [-0.1, -0.05) is 6.07 Å². The molecule has 1 aliphatic rings. The number of pyridine rings is 1. The zero-order valence-corrected chi connectivity index (χ0v) is 22.1. The van der Waals surface area contributed by atoms with Gasteiger partial charge in [-0.3, -0.25) is 9.48 Å². The number of rotatable bonds is 4. The van der Waals surface area contributed by atoms with Gasteiger partial charge in [0.15, 0.2) is 0 Å². The molecule has 2 N–H and O–H groups in total. The van der Waals surface area contributed by atoms with E-state index in [0.717, 1.165) is 44.4 Å². The Balaban J connectivity index is 1.53. The first-order valence-corrected chi connectivity index (χ1v) is 12.5. The van der Waals surface area contributed by atoms with Gasteiger partial charge in [-0.05, 0) is 66.0 Å². The summed E-state index contributed by atoms with van der Waals surface area (Å²) in [6.45, 7) is 5.92. The van der Waals surface area contributed by atoms with Crippen molar-refractivity contribution in [2.45, 2.75) is 39.7 Å². The third-order valence-electron chi connectivity index (χ3n) is 6.17. The summed E-state index contributed by atoms with van der Waals surface area (Å²) in [5.41, 5.74) is 3.38. The number of methoxy groups -OCH3 is 1. The molecule has 0 unspecified atom stereocenters. The number of benzene rings is 1. The van der Waals surface area contributed by atoms with Crippen molar-refractivity contribution in [2.24, 2.45) is 0 Å². The van der Waals surface area contributed by atoms with Crippen LogP contribution in [0.3, 0.4) is 0 Å². The normalized spacial score (nSPS) is 15.6. The molecule has 0 saturated heterocycles. The number of aryl methyl sites for hydroxylation is 2. The molecular weight excluding hydrogens is 559 g/mol. The summed E-state index contributed by atoms with van der Waals surface area (Å²) in [4.78, 5) is 17.2. The van der Waals surface area contributed by atoms with Crippen LogP contribution >= 0.6 is 27.3 Å².